The topological polar surface area (TPSA) is 130 Å². The molecule has 0 bridgehead atoms. The first-order valence-electron chi connectivity index (χ1n) is 19.4. The Bertz CT molecular complexity index is 1410. The normalized spacial score (nSPS) is 38.2. The van der Waals surface area contributed by atoms with Crippen molar-refractivity contribution in [1.29, 1.82) is 0 Å². The van der Waals surface area contributed by atoms with E-state index in [9.17, 15) is 19.2 Å². The summed E-state index contributed by atoms with van der Waals surface area (Å²) in [6.07, 6.45) is 6.68. The molecule has 0 spiro atoms. The molecule has 9 unspecified atom stereocenters. The van der Waals surface area contributed by atoms with Crippen LogP contribution < -0.4 is 10.6 Å². The minimum atomic E-state index is -1.34. The van der Waals surface area contributed by atoms with Gasteiger partial charge in [0, 0.05) is 44.3 Å². The number of carbonyl (C=O) groups is 4. The van der Waals surface area contributed by atoms with Crippen molar-refractivity contribution in [2.75, 3.05) is 26.2 Å². The molecule has 7 rings (SSSR count). The summed E-state index contributed by atoms with van der Waals surface area (Å²) in [7, 11) is 0. The van der Waals surface area contributed by atoms with Gasteiger partial charge in [-0.1, -0.05) is 25.7 Å². The first-order chi connectivity index (χ1) is 24.0. The van der Waals surface area contributed by atoms with Crippen molar-refractivity contribution in [1.82, 2.24) is 25.3 Å². The van der Waals surface area contributed by atoms with Crippen LogP contribution in [0.2, 0.25) is 0 Å². The van der Waals surface area contributed by atoms with Gasteiger partial charge in [-0.25, -0.2) is 14.0 Å². The van der Waals surface area contributed by atoms with Crippen molar-refractivity contribution < 1.29 is 37.8 Å². The number of amides is 3. The number of carbonyl (C=O) groups excluding carboxylic acids is 4. The summed E-state index contributed by atoms with van der Waals surface area (Å²) in [6.45, 7) is 12.6. The van der Waals surface area contributed by atoms with Crippen molar-refractivity contribution in [2.45, 2.75) is 159 Å². The monoisotopic (exact) mass is 715 g/mol. The first-order valence-corrected chi connectivity index (χ1v) is 19.4. The van der Waals surface area contributed by atoms with Crippen molar-refractivity contribution in [3.8, 4) is 0 Å². The molecular formula is C38H58FN5O7. The number of alkyl halides is 1. The lowest BCUT2D eigenvalue weighted by Crippen LogP contribution is -2.73. The van der Waals surface area contributed by atoms with E-state index < -0.39 is 47.6 Å². The molecule has 6 fully saturated rings. The Morgan fingerprint density at radius 3 is 2.08 bits per heavy atom. The van der Waals surface area contributed by atoms with E-state index in [-0.39, 0.29) is 60.5 Å². The zero-order valence-electron chi connectivity index (χ0n) is 31.2. The second kappa shape index (κ2) is 13.8. The summed E-state index contributed by atoms with van der Waals surface area (Å²) in [5.74, 6) is -0.220. The van der Waals surface area contributed by atoms with Crippen molar-refractivity contribution in [3.63, 3.8) is 0 Å². The van der Waals surface area contributed by atoms with Crippen LogP contribution in [0.15, 0.2) is 11.8 Å². The average molecular weight is 716 g/mol. The highest BCUT2D eigenvalue weighted by molar-refractivity contribution is 6.20. The average Bonchev–Trinajstić information content (AvgIpc) is 3.68. The van der Waals surface area contributed by atoms with E-state index in [1.54, 1.807) is 25.7 Å². The number of rotatable bonds is 4. The third-order valence-electron chi connectivity index (χ3n) is 12.2. The number of likely N-dealkylation sites (tertiary alicyclic amines) is 2. The van der Waals surface area contributed by atoms with Crippen molar-refractivity contribution >= 4 is 23.9 Å². The molecule has 3 aliphatic carbocycles. The van der Waals surface area contributed by atoms with Gasteiger partial charge in [0.15, 0.2) is 5.78 Å². The van der Waals surface area contributed by atoms with E-state index in [4.69, 9.17) is 14.2 Å². The van der Waals surface area contributed by atoms with Crippen LogP contribution in [0, 0.1) is 17.8 Å². The van der Waals surface area contributed by atoms with E-state index in [2.05, 4.69) is 20.4 Å². The molecule has 12 nitrogen and oxygen atoms in total. The molecule has 0 aromatic heterocycles. The lowest BCUT2D eigenvalue weighted by atomic mass is 9.64. The highest BCUT2D eigenvalue weighted by Crippen LogP contribution is 2.51. The summed E-state index contributed by atoms with van der Waals surface area (Å²) >= 11 is 0. The molecular weight excluding hydrogens is 657 g/mol. The highest BCUT2D eigenvalue weighted by Gasteiger charge is 2.61. The number of hydrogen-bond donors (Lipinski definition) is 2. The molecule has 4 heterocycles. The Labute approximate surface area is 301 Å². The maximum atomic E-state index is 16.7. The number of fused-ring (bicyclic) bond motifs is 3. The van der Waals surface area contributed by atoms with Gasteiger partial charge in [0.1, 0.15) is 17.4 Å². The summed E-state index contributed by atoms with van der Waals surface area (Å²) in [6, 6.07) is -1.39. The maximum Gasteiger partial charge on any atom is 0.407 e. The molecule has 284 valence electrons. The number of nitrogens with one attached hydrogen (secondary N) is 2. The molecule has 0 aromatic rings. The van der Waals surface area contributed by atoms with Gasteiger partial charge < -0.3 is 34.6 Å². The Morgan fingerprint density at radius 2 is 1.43 bits per heavy atom. The van der Waals surface area contributed by atoms with Gasteiger partial charge in [0.05, 0.1) is 41.9 Å². The molecule has 4 aliphatic heterocycles. The Balaban J connectivity index is 1.12. The molecule has 3 saturated heterocycles. The van der Waals surface area contributed by atoms with Gasteiger partial charge in [-0.3, -0.25) is 14.5 Å². The minimum absolute atomic E-state index is 0.0149. The standard InChI is InChI=1S/C38H58FN5O7/c1-37(2,3)50-35(47)40-23-11-13-42(18-23)31-27(39)17-25-30-33(31)49-29-16-22-10-8-7-9-21(22)15-28(29)44(30)20-26(32(25)45)34(46)43-14-12-24(19-43)41-36(48)51-38(4,5)6/h20-25,27-31,33H,7-19H2,1-6H3,(H,40,47)(H,41,48)/t21?,22?,23-,24-,25?,27?,28?,29?,30?,31?,33?/m1/s1. The van der Waals surface area contributed by atoms with E-state index in [0.717, 1.165) is 12.8 Å². The van der Waals surface area contributed by atoms with Gasteiger partial charge >= 0.3 is 12.2 Å². The molecule has 3 saturated carbocycles. The first kappa shape index (κ1) is 36.4. The number of morpholine rings is 1. The number of hydrogen-bond acceptors (Lipinski definition) is 9. The summed E-state index contributed by atoms with van der Waals surface area (Å²) < 4.78 is 34.6. The van der Waals surface area contributed by atoms with Gasteiger partial charge in [-0.2, -0.15) is 0 Å². The van der Waals surface area contributed by atoms with Gasteiger partial charge in [-0.05, 0) is 85.5 Å². The predicted molar refractivity (Wildman–Crippen MR) is 186 cm³/mol. The van der Waals surface area contributed by atoms with E-state index in [1.165, 1.54) is 25.7 Å². The molecule has 0 aromatic carbocycles. The molecule has 3 amide bonds. The molecule has 11 atom stereocenters. The Kier molecular flexibility index (Phi) is 9.86. The van der Waals surface area contributed by atoms with E-state index in [1.807, 2.05) is 27.0 Å². The fraction of sp³-hybridized carbons (Fsp3) is 0.842. The van der Waals surface area contributed by atoms with E-state index >= 15 is 4.39 Å². The van der Waals surface area contributed by atoms with Gasteiger partial charge in [0.25, 0.3) is 5.91 Å². The molecule has 13 heteroatoms. The third-order valence-corrected chi connectivity index (χ3v) is 12.2. The summed E-state index contributed by atoms with van der Waals surface area (Å²) in [5, 5.41) is 5.84. The molecule has 7 aliphatic rings. The fourth-order valence-electron chi connectivity index (χ4n) is 10.2. The summed E-state index contributed by atoms with van der Waals surface area (Å²) in [5.41, 5.74) is -1.14. The van der Waals surface area contributed by atoms with Crippen LogP contribution in [-0.4, -0.2) is 125 Å². The Hall–Kier alpha value is -2.93. The number of nitrogens with zero attached hydrogens (tertiary/aromatic N) is 3. The van der Waals surface area contributed by atoms with Crippen molar-refractivity contribution in [2.24, 2.45) is 17.8 Å². The number of halogens is 1. The zero-order chi connectivity index (χ0) is 36.4. The zero-order valence-corrected chi connectivity index (χ0v) is 31.2. The van der Waals surface area contributed by atoms with E-state index in [0.29, 0.717) is 44.3 Å². The van der Waals surface area contributed by atoms with Crippen LogP contribution in [0.4, 0.5) is 14.0 Å². The highest BCUT2D eigenvalue weighted by atomic mass is 19.1. The van der Waals surface area contributed by atoms with Crippen LogP contribution in [0.5, 0.6) is 0 Å². The van der Waals surface area contributed by atoms with Gasteiger partial charge in [0.2, 0.25) is 0 Å². The van der Waals surface area contributed by atoms with Crippen LogP contribution in [-0.2, 0) is 23.8 Å². The van der Waals surface area contributed by atoms with Crippen LogP contribution >= 0.6 is 0 Å². The largest absolute Gasteiger partial charge is 0.444 e. The number of Topliss-reactive ketones (excluding diaryl/α,β-unsaturated/α-hetero) is 1. The third kappa shape index (κ3) is 7.61. The molecule has 0 radical (unpaired) electrons. The second-order valence-electron chi connectivity index (χ2n) is 18.2. The van der Waals surface area contributed by atoms with Crippen LogP contribution in [0.3, 0.4) is 0 Å². The van der Waals surface area contributed by atoms with Crippen molar-refractivity contribution in [3.05, 3.63) is 11.8 Å². The minimum Gasteiger partial charge on any atom is -0.444 e. The molecule has 2 N–H and O–H groups in total. The van der Waals surface area contributed by atoms with Gasteiger partial charge in [-0.15, -0.1) is 0 Å². The SMILES string of the molecule is CC(C)(C)OC(=O)N[C@@H]1CCN(C(=O)C2=CN3C4CC5CCCCC5CC4OC4C(N5CC[C@@H](NC(=O)OC(C)(C)C)C5)C(F)CC(C2=O)C43)C1. The van der Waals surface area contributed by atoms with Crippen LogP contribution in [0.25, 0.3) is 0 Å². The predicted octanol–water partition coefficient (Wildman–Crippen LogP) is 4.31. The second-order valence-corrected chi connectivity index (χ2v) is 18.2. The van der Waals surface area contributed by atoms with Crippen LogP contribution in [0.1, 0.15) is 99.3 Å². The fourth-order valence-corrected chi connectivity index (χ4v) is 10.2. The lowest BCUT2D eigenvalue weighted by Gasteiger charge is -2.61. The Morgan fingerprint density at radius 1 is 0.824 bits per heavy atom. The number of ketones is 1. The summed E-state index contributed by atoms with van der Waals surface area (Å²) in [4.78, 5) is 59.5. The molecule has 51 heavy (non-hydrogen) atoms. The number of ether oxygens (including phenoxy) is 3. The lowest BCUT2D eigenvalue weighted by molar-refractivity contribution is -0.219. The smallest absolute Gasteiger partial charge is 0.407 e. The maximum absolute atomic E-state index is 16.7. The quantitative estimate of drug-likeness (QED) is 0.409. The number of alkyl carbamates (subject to hydrolysis) is 2.